The van der Waals surface area contributed by atoms with Crippen LogP contribution in [0.3, 0.4) is 0 Å². The van der Waals surface area contributed by atoms with Crippen molar-refractivity contribution >= 4 is 23.9 Å². The number of carbonyl (C=O) groups is 4. The zero-order valence-corrected chi connectivity index (χ0v) is 53.7. The molecule has 1 fully saturated rings. The van der Waals surface area contributed by atoms with Crippen LogP contribution in [-0.4, -0.2) is 193 Å². The SMILES string of the molecule is CCCC/C=C\CCCCCC(=O)OCC(O)CN1CCCN(CC(O)COC(=O)CCCCC/C=C\CCCC)CCN(CC(O)COC(=O)CCCCC/C=C\CCCC)CCCN(CC(O)COC(=O)CCC/C=C\CCCC)CC1. The smallest absolute Gasteiger partial charge is 0.305 e. The minimum absolute atomic E-state index is 0.120. The van der Waals surface area contributed by atoms with Crippen molar-refractivity contribution < 1.29 is 58.6 Å². The Morgan fingerprint density at radius 1 is 0.310 bits per heavy atom. The Bertz CT molecular complexity index is 1700. The Balaban J connectivity index is 3.15. The third-order valence-electron chi connectivity index (χ3n) is 15.1. The van der Waals surface area contributed by atoms with E-state index in [9.17, 15) is 39.6 Å². The van der Waals surface area contributed by atoms with Gasteiger partial charge in [-0.1, -0.05) is 147 Å². The van der Waals surface area contributed by atoms with Gasteiger partial charge in [0.05, 0.1) is 0 Å². The normalized spacial score (nSPS) is 16.6. The number of ether oxygens (including phenoxy) is 4. The number of unbranched alkanes of at least 4 members (excludes halogenated alkanes) is 18. The van der Waals surface area contributed by atoms with Gasteiger partial charge in [-0.2, -0.15) is 0 Å². The Morgan fingerprint density at radius 2 is 0.524 bits per heavy atom. The Morgan fingerprint density at radius 3 is 0.762 bits per heavy atom. The standard InChI is InChI=1S/C68H124N4O12/c1-5-9-13-17-21-24-28-32-36-42-66(78)82-58-62(74)54-70-47-40-48-72(56-64(76)60-84-68(80)44-38-34-30-26-23-19-15-11-7-3)52-51-71(55-63(75)59-83-67(79)43-37-33-29-25-22-18-14-10-6-2)46-39-45-69(49-50-70)53-61(73)57-81-65(77)41-35-31-27-20-16-12-8-4/h17-23,27,61-64,73-76H,5-16,24-26,28-60H2,1-4H3/b21-17-,22-18-,23-19-,27-20-. The highest BCUT2D eigenvalue weighted by Crippen LogP contribution is 2.13. The average Bonchev–Trinajstić information content (AvgIpc) is 3.51. The fourth-order valence-corrected chi connectivity index (χ4v) is 9.95. The molecule has 0 bridgehead atoms. The molecule has 0 aliphatic carbocycles. The average molecular weight is 1190 g/mol. The van der Waals surface area contributed by atoms with Gasteiger partial charge in [0.2, 0.25) is 0 Å². The van der Waals surface area contributed by atoms with Crippen LogP contribution in [0.1, 0.15) is 233 Å². The van der Waals surface area contributed by atoms with Crippen LogP contribution < -0.4 is 0 Å². The lowest BCUT2D eigenvalue weighted by molar-refractivity contribution is -0.148. The molecule has 16 heteroatoms. The molecule has 1 aliphatic heterocycles. The minimum atomic E-state index is -0.936. The molecular formula is C68H124N4O12. The van der Waals surface area contributed by atoms with Gasteiger partial charge in [0, 0.05) is 78.0 Å². The highest BCUT2D eigenvalue weighted by atomic mass is 16.6. The summed E-state index contributed by atoms with van der Waals surface area (Å²) in [6.07, 6.45) is 42.7. The van der Waals surface area contributed by atoms with Crippen molar-refractivity contribution in [2.24, 2.45) is 0 Å². The molecule has 0 aromatic rings. The highest BCUT2D eigenvalue weighted by molar-refractivity contribution is 5.70. The van der Waals surface area contributed by atoms with Gasteiger partial charge in [-0.05, 0) is 135 Å². The number of β-amino-alcohol motifs (C(OH)–C–C–N with tert-alkyl or cyclic N) is 4. The first-order valence-corrected chi connectivity index (χ1v) is 33.7. The summed E-state index contributed by atoms with van der Waals surface area (Å²) >= 11 is 0. The zero-order valence-electron chi connectivity index (χ0n) is 53.7. The maximum Gasteiger partial charge on any atom is 0.305 e. The van der Waals surface area contributed by atoms with E-state index in [1.165, 1.54) is 38.5 Å². The summed E-state index contributed by atoms with van der Waals surface area (Å²) in [4.78, 5) is 59.5. The number of carbonyl (C=O) groups excluding carboxylic acids is 4. The summed E-state index contributed by atoms with van der Waals surface area (Å²) in [7, 11) is 0. The number of aliphatic hydroxyl groups is 4. The largest absolute Gasteiger partial charge is 0.463 e. The molecule has 0 aromatic carbocycles. The molecule has 0 aromatic heterocycles. The van der Waals surface area contributed by atoms with E-state index >= 15 is 0 Å². The molecule has 0 radical (unpaired) electrons. The molecule has 488 valence electrons. The predicted molar refractivity (Wildman–Crippen MR) is 341 cm³/mol. The molecule has 0 saturated carbocycles. The second-order valence-electron chi connectivity index (χ2n) is 23.4. The minimum Gasteiger partial charge on any atom is -0.463 e. The zero-order chi connectivity index (χ0) is 61.4. The molecule has 4 N–H and O–H groups in total. The van der Waals surface area contributed by atoms with Crippen molar-refractivity contribution in [1.29, 1.82) is 0 Å². The number of hydrogen-bond acceptors (Lipinski definition) is 16. The van der Waals surface area contributed by atoms with E-state index in [0.29, 0.717) is 90.9 Å². The van der Waals surface area contributed by atoms with Crippen LogP contribution in [0.25, 0.3) is 0 Å². The van der Waals surface area contributed by atoms with E-state index in [1.54, 1.807) is 0 Å². The van der Waals surface area contributed by atoms with Gasteiger partial charge >= 0.3 is 23.9 Å². The second kappa shape index (κ2) is 57.3. The van der Waals surface area contributed by atoms with E-state index in [-0.39, 0.29) is 82.9 Å². The van der Waals surface area contributed by atoms with Crippen LogP contribution in [0.15, 0.2) is 48.6 Å². The first-order valence-electron chi connectivity index (χ1n) is 33.7. The molecule has 4 unspecified atom stereocenters. The second-order valence-corrected chi connectivity index (χ2v) is 23.4. The third kappa shape index (κ3) is 50.6. The van der Waals surface area contributed by atoms with E-state index in [0.717, 1.165) is 122 Å². The van der Waals surface area contributed by atoms with Crippen LogP contribution in [0.5, 0.6) is 0 Å². The predicted octanol–water partition coefficient (Wildman–Crippen LogP) is 11.6. The number of rotatable bonds is 50. The number of nitrogens with zero attached hydrogens (tertiary/aromatic N) is 4. The van der Waals surface area contributed by atoms with E-state index in [1.807, 2.05) is 0 Å². The van der Waals surface area contributed by atoms with Crippen LogP contribution >= 0.6 is 0 Å². The van der Waals surface area contributed by atoms with Crippen molar-refractivity contribution in [3.05, 3.63) is 48.6 Å². The Kier molecular flexibility index (Phi) is 53.5. The van der Waals surface area contributed by atoms with Gasteiger partial charge in [-0.3, -0.25) is 38.8 Å². The molecule has 16 nitrogen and oxygen atoms in total. The number of hydrogen-bond donors (Lipinski definition) is 4. The van der Waals surface area contributed by atoms with Crippen LogP contribution in [0, 0.1) is 0 Å². The summed E-state index contributed by atoms with van der Waals surface area (Å²) in [6, 6.07) is 0. The first kappa shape index (κ1) is 78.5. The number of esters is 4. The van der Waals surface area contributed by atoms with Crippen molar-refractivity contribution in [3.8, 4) is 0 Å². The van der Waals surface area contributed by atoms with Crippen LogP contribution in [-0.2, 0) is 38.1 Å². The molecule has 0 amide bonds. The van der Waals surface area contributed by atoms with Crippen molar-refractivity contribution in [2.45, 2.75) is 258 Å². The molecule has 1 rings (SSSR count). The van der Waals surface area contributed by atoms with Crippen LogP contribution in [0.2, 0.25) is 0 Å². The fraction of sp³-hybridized carbons (Fsp3) is 0.824. The lowest BCUT2D eigenvalue weighted by Crippen LogP contribution is -2.47. The van der Waals surface area contributed by atoms with Gasteiger partial charge in [-0.15, -0.1) is 0 Å². The van der Waals surface area contributed by atoms with Gasteiger partial charge in [0.15, 0.2) is 0 Å². The van der Waals surface area contributed by atoms with Gasteiger partial charge in [0.1, 0.15) is 50.8 Å². The third-order valence-corrected chi connectivity index (χ3v) is 15.1. The topological polar surface area (TPSA) is 199 Å². The maximum atomic E-state index is 12.8. The lowest BCUT2D eigenvalue weighted by Gasteiger charge is -2.34. The van der Waals surface area contributed by atoms with Crippen LogP contribution in [0.4, 0.5) is 0 Å². The summed E-state index contributed by atoms with van der Waals surface area (Å²) in [5.74, 6) is -1.30. The molecular weight excluding hydrogens is 1060 g/mol. The summed E-state index contributed by atoms with van der Waals surface area (Å²) in [5.41, 5.74) is 0. The molecule has 0 spiro atoms. The fourth-order valence-electron chi connectivity index (χ4n) is 9.95. The summed E-state index contributed by atoms with van der Waals surface area (Å²) in [5, 5.41) is 45.2. The quantitative estimate of drug-likeness (QED) is 0.0194. The maximum absolute atomic E-state index is 12.8. The monoisotopic (exact) mass is 1190 g/mol. The van der Waals surface area contributed by atoms with Crippen molar-refractivity contribution in [1.82, 2.24) is 19.6 Å². The summed E-state index contributed by atoms with van der Waals surface area (Å²) in [6.45, 7) is 13.6. The Hall–Kier alpha value is -3.48. The van der Waals surface area contributed by atoms with Crippen molar-refractivity contribution in [3.63, 3.8) is 0 Å². The van der Waals surface area contributed by atoms with Crippen molar-refractivity contribution in [2.75, 3.05) is 105 Å². The Labute approximate surface area is 511 Å². The van der Waals surface area contributed by atoms with E-state index in [4.69, 9.17) is 18.9 Å². The first-order chi connectivity index (χ1) is 40.9. The van der Waals surface area contributed by atoms with E-state index < -0.39 is 24.4 Å². The number of allylic oxidation sites excluding steroid dienone is 8. The molecule has 1 aliphatic rings. The lowest BCUT2D eigenvalue weighted by atomic mass is 10.1. The molecule has 4 atom stereocenters. The van der Waals surface area contributed by atoms with Gasteiger partial charge in [-0.25, -0.2) is 0 Å². The highest BCUT2D eigenvalue weighted by Gasteiger charge is 2.23. The number of aliphatic hydroxyl groups excluding tert-OH is 4. The summed E-state index contributed by atoms with van der Waals surface area (Å²) < 4.78 is 22.3. The molecule has 84 heavy (non-hydrogen) atoms. The molecule has 1 heterocycles. The van der Waals surface area contributed by atoms with Gasteiger partial charge in [0.25, 0.3) is 0 Å². The van der Waals surface area contributed by atoms with E-state index in [2.05, 4.69) is 95.9 Å². The van der Waals surface area contributed by atoms with Gasteiger partial charge < -0.3 is 39.4 Å². The molecule has 1 saturated heterocycles.